The first-order valence-electron chi connectivity index (χ1n) is 12.7. The molecule has 0 aromatic heterocycles. The Bertz CT molecular complexity index is 839. The molecule has 180 valence electrons. The standard InChI is InChI=1S/C28H42N4O/c1-4-28(30(2)3,22-25-9-11-27(12-10-25)32-17-19-33-20-18-32)21-24-5-7-26(8-6-24)23-31-15-13-29-14-16-31/h5-12,29H,4,13-23H2,1-3H3. The molecule has 2 fully saturated rings. The van der Waals surface area contributed by atoms with Crippen molar-refractivity contribution in [3.63, 3.8) is 0 Å². The Labute approximate surface area is 200 Å². The Morgan fingerprint density at radius 1 is 0.818 bits per heavy atom. The molecule has 4 rings (SSSR count). The van der Waals surface area contributed by atoms with Crippen LogP contribution in [0.15, 0.2) is 48.5 Å². The van der Waals surface area contributed by atoms with Crippen molar-refractivity contribution >= 4 is 5.69 Å². The number of morpholine rings is 1. The second-order valence-corrected chi connectivity index (χ2v) is 9.93. The zero-order valence-corrected chi connectivity index (χ0v) is 20.9. The van der Waals surface area contributed by atoms with Gasteiger partial charge in [0.15, 0.2) is 0 Å². The van der Waals surface area contributed by atoms with Gasteiger partial charge in [0.25, 0.3) is 0 Å². The molecule has 2 aromatic rings. The maximum Gasteiger partial charge on any atom is 0.0642 e. The van der Waals surface area contributed by atoms with Crippen LogP contribution in [-0.2, 0) is 24.1 Å². The van der Waals surface area contributed by atoms with Gasteiger partial charge in [-0.05, 0) is 62.2 Å². The van der Waals surface area contributed by atoms with Gasteiger partial charge in [0.1, 0.15) is 0 Å². The van der Waals surface area contributed by atoms with E-state index < -0.39 is 0 Å². The third-order valence-electron chi connectivity index (χ3n) is 7.62. The molecule has 2 aromatic carbocycles. The highest BCUT2D eigenvalue weighted by atomic mass is 16.5. The molecule has 2 aliphatic heterocycles. The third kappa shape index (κ3) is 6.36. The van der Waals surface area contributed by atoms with Crippen LogP contribution in [0.2, 0.25) is 0 Å². The fraction of sp³-hybridized carbons (Fsp3) is 0.571. The van der Waals surface area contributed by atoms with Crippen molar-refractivity contribution in [2.45, 2.75) is 38.3 Å². The van der Waals surface area contributed by atoms with E-state index in [2.05, 4.69) is 89.6 Å². The molecule has 0 aliphatic carbocycles. The van der Waals surface area contributed by atoms with Crippen LogP contribution < -0.4 is 10.2 Å². The van der Waals surface area contributed by atoms with E-state index in [0.717, 1.165) is 78.3 Å². The van der Waals surface area contributed by atoms with Crippen molar-refractivity contribution in [2.75, 3.05) is 71.5 Å². The van der Waals surface area contributed by atoms with E-state index in [4.69, 9.17) is 4.74 Å². The monoisotopic (exact) mass is 450 g/mol. The molecule has 0 saturated carbocycles. The Hall–Kier alpha value is -1.92. The Kier molecular flexibility index (Phi) is 8.42. The lowest BCUT2D eigenvalue weighted by Gasteiger charge is -2.40. The highest BCUT2D eigenvalue weighted by molar-refractivity contribution is 5.48. The highest BCUT2D eigenvalue weighted by Crippen LogP contribution is 2.29. The number of nitrogens with one attached hydrogen (secondary N) is 1. The molecule has 2 aliphatic rings. The fourth-order valence-corrected chi connectivity index (χ4v) is 5.24. The lowest BCUT2D eigenvalue weighted by Crippen LogP contribution is -2.47. The van der Waals surface area contributed by atoms with Gasteiger partial charge in [-0.15, -0.1) is 0 Å². The molecule has 2 heterocycles. The fourth-order valence-electron chi connectivity index (χ4n) is 5.24. The summed E-state index contributed by atoms with van der Waals surface area (Å²) in [4.78, 5) is 7.41. The summed E-state index contributed by atoms with van der Waals surface area (Å²) >= 11 is 0. The predicted molar refractivity (Wildman–Crippen MR) is 138 cm³/mol. The van der Waals surface area contributed by atoms with Crippen LogP contribution in [0.3, 0.4) is 0 Å². The molecule has 0 radical (unpaired) electrons. The van der Waals surface area contributed by atoms with Crippen molar-refractivity contribution in [3.05, 3.63) is 65.2 Å². The lowest BCUT2D eigenvalue weighted by atomic mass is 9.81. The number of hydrogen-bond acceptors (Lipinski definition) is 5. The zero-order chi connectivity index (χ0) is 23.1. The van der Waals surface area contributed by atoms with Crippen molar-refractivity contribution in [1.82, 2.24) is 15.1 Å². The highest BCUT2D eigenvalue weighted by Gasteiger charge is 2.31. The number of ether oxygens (including phenoxy) is 1. The van der Waals surface area contributed by atoms with Crippen molar-refractivity contribution in [2.24, 2.45) is 0 Å². The molecule has 0 bridgehead atoms. The number of likely N-dealkylation sites (N-methyl/N-ethyl adjacent to an activating group) is 1. The summed E-state index contributed by atoms with van der Waals surface area (Å²) < 4.78 is 5.50. The maximum atomic E-state index is 5.50. The Morgan fingerprint density at radius 2 is 1.36 bits per heavy atom. The summed E-state index contributed by atoms with van der Waals surface area (Å²) in [5, 5.41) is 3.44. The second-order valence-electron chi connectivity index (χ2n) is 9.93. The van der Waals surface area contributed by atoms with Crippen LogP contribution in [0, 0.1) is 0 Å². The predicted octanol–water partition coefficient (Wildman–Crippen LogP) is 3.42. The average Bonchev–Trinajstić information content (AvgIpc) is 2.86. The maximum absolute atomic E-state index is 5.50. The summed E-state index contributed by atoms with van der Waals surface area (Å²) in [7, 11) is 4.48. The van der Waals surface area contributed by atoms with Crippen LogP contribution >= 0.6 is 0 Å². The number of nitrogens with zero attached hydrogens (tertiary/aromatic N) is 3. The molecule has 5 heteroatoms. The minimum atomic E-state index is 0.112. The first kappa shape index (κ1) is 24.2. The van der Waals surface area contributed by atoms with Gasteiger partial charge in [-0.1, -0.05) is 43.3 Å². The van der Waals surface area contributed by atoms with Crippen LogP contribution in [0.4, 0.5) is 5.69 Å². The first-order valence-corrected chi connectivity index (χ1v) is 12.7. The van der Waals surface area contributed by atoms with E-state index in [-0.39, 0.29) is 5.54 Å². The minimum absolute atomic E-state index is 0.112. The smallest absolute Gasteiger partial charge is 0.0642 e. The molecular formula is C28H42N4O. The summed E-state index contributed by atoms with van der Waals surface area (Å²) in [5.74, 6) is 0. The molecule has 0 amide bonds. The minimum Gasteiger partial charge on any atom is -0.378 e. The summed E-state index contributed by atoms with van der Waals surface area (Å²) in [6.45, 7) is 11.5. The Balaban J connectivity index is 1.42. The number of benzene rings is 2. The van der Waals surface area contributed by atoms with Gasteiger partial charge in [0, 0.05) is 57.0 Å². The van der Waals surface area contributed by atoms with Crippen LogP contribution in [0.25, 0.3) is 0 Å². The number of anilines is 1. The first-order chi connectivity index (χ1) is 16.1. The second kappa shape index (κ2) is 11.5. The number of rotatable bonds is 9. The van der Waals surface area contributed by atoms with Crippen molar-refractivity contribution in [1.29, 1.82) is 0 Å². The van der Waals surface area contributed by atoms with Crippen LogP contribution in [0.1, 0.15) is 30.0 Å². The zero-order valence-electron chi connectivity index (χ0n) is 20.9. The lowest BCUT2D eigenvalue weighted by molar-refractivity contribution is 0.122. The molecule has 5 nitrogen and oxygen atoms in total. The topological polar surface area (TPSA) is 31.0 Å². The van der Waals surface area contributed by atoms with Gasteiger partial charge in [-0.25, -0.2) is 0 Å². The van der Waals surface area contributed by atoms with E-state index in [0.29, 0.717) is 0 Å². The molecular weight excluding hydrogens is 408 g/mol. The van der Waals surface area contributed by atoms with Crippen LogP contribution in [-0.4, -0.2) is 81.9 Å². The Morgan fingerprint density at radius 3 is 1.91 bits per heavy atom. The van der Waals surface area contributed by atoms with E-state index in [9.17, 15) is 0 Å². The summed E-state index contributed by atoms with van der Waals surface area (Å²) in [5.41, 5.74) is 5.69. The average molecular weight is 451 g/mol. The van der Waals surface area contributed by atoms with Crippen LogP contribution in [0.5, 0.6) is 0 Å². The summed E-state index contributed by atoms with van der Waals surface area (Å²) in [6.07, 6.45) is 3.24. The largest absolute Gasteiger partial charge is 0.378 e. The molecule has 1 N–H and O–H groups in total. The van der Waals surface area contributed by atoms with Gasteiger partial charge in [0.05, 0.1) is 13.2 Å². The van der Waals surface area contributed by atoms with E-state index >= 15 is 0 Å². The van der Waals surface area contributed by atoms with E-state index in [1.807, 2.05) is 0 Å². The number of piperazine rings is 1. The quantitative estimate of drug-likeness (QED) is 0.633. The van der Waals surface area contributed by atoms with E-state index in [1.54, 1.807) is 0 Å². The van der Waals surface area contributed by atoms with E-state index in [1.165, 1.54) is 22.4 Å². The van der Waals surface area contributed by atoms with Gasteiger partial charge in [-0.2, -0.15) is 0 Å². The van der Waals surface area contributed by atoms with Gasteiger partial charge in [-0.3, -0.25) is 4.90 Å². The van der Waals surface area contributed by atoms with Crippen molar-refractivity contribution < 1.29 is 4.74 Å². The molecule has 1 atom stereocenters. The van der Waals surface area contributed by atoms with Gasteiger partial charge >= 0.3 is 0 Å². The number of hydrogen-bond donors (Lipinski definition) is 1. The summed E-state index contributed by atoms with van der Waals surface area (Å²) in [6, 6.07) is 18.6. The third-order valence-corrected chi connectivity index (χ3v) is 7.62. The molecule has 2 saturated heterocycles. The van der Waals surface area contributed by atoms with Gasteiger partial charge in [0.2, 0.25) is 0 Å². The SMILES string of the molecule is CCC(Cc1ccc(CN2CCNCC2)cc1)(Cc1ccc(N2CCOCC2)cc1)N(C)C. The molecule has 0 spiro atoms. The normalized spacial score (nSPS) is 19.6. The molecule has 33 heavy (non-hydrogen) atoms. The molecule has 1 unspecified atom stereocenters. The van der Waals surface area contributed by atoms with Crippen molar-refractivity contribution in [3.8, 4) is 0 Å². The van der Waals surface area contributed by atoms with Gasteiger partial charge < -0.3 is 19.9 Å².